The summed E-state index contributed by atoms with van der Waals surface area (Å²) in [7, 11) is 3.43. The molecule has 2 aromatic carbocycles. The van der Waals surface area contributed by atoms with Gasteiger partial charge >= 0.3 is 0 Å². The van der Waals surface area contributed by atoms with Crippen molar-refractivity contribution in [3.63, 3.8) is 0 Å². The molecule has 134 valence electrons. The second-order valence-corrected chi connectivity index (χ2v) is 5.64. The summed E-state index contributed by atoms with van der Waals surface area (Å²) in [6, 6.07) is 16.1. The minimum absolute atomic E-state index is 0.669. The number of hydrogen-bond acceptors (Lipinski definition) is 4. The maximum absolute atomic E-state index is 5.25. The summed E-state index contributed by atoms with van der Waals surface area (Å²) >= 11 is 0. The number of nitrogens with one attached hydrogen (secondary N) is 2. The Morgan fingerprint density at radius 1 is 1.08 bits per heavy atom. The van der Waals surface area contributed by atoms with Gasteiger partial charge in [-0.15, -0.1) is 0 Å². The Labute approximate surface area is 152 Å². The van der Waals surface area contributed by atoms with Crippen molar-refractivity contribution in [1.29, 1.82) is 0 Å². The normalized spacial score (nSPS) is 11.2. The molecule has 0 radical (unpaired) electrons. The summed E-state index contributed by atoms with van der Waals surface area (Å²) in [5.41, 5.74) is 3.26. The van der Waals surface area contributed by atoms with Gasteiger partial charge < -0.3 is 15.4 Å². The van der Waals surface area contributed by atoms with E-state index in [1.54, 1.807) is 25.2 Å². The van der Waals surface area contributed by atoms with E-state index in [1.165, 1.54) is 6.33 Å². The maximum Gasteiger partial charge on any atom is 0.191 e. The van der Waals surface area contributed by atoms with Gasteiger partial charge in [-0.25, -0.2) is 9.67 Å². The molecule has 0 amide bonds. The molecule has 3 aromatic rings. The Hall–Kier alpha value is -3.35. The number of hydrogen-bond donors (Lipinski definition) is 2. The molecule has 0 unspecified atom stereocenters. The number of guanidine groups is 1. The summed E-state index contributed by atoms with van der Waals surface area (Å²) in [5, 5.41) is 10.7. The Morgan fingerprint density at radius 3 is 2.50 bits per heavy atom. The van der Waals surface area contributed by atoms with Crippen LogP contribution in [0.1, 0.15) is 11.1 Å². The molecule has 0 aliphatic carbocycles. The molecule has 0 aliphatic rings. The first-order valence-electron chi connectivity index (χ1n) is 8.30. The number of ether oxygens (including phenoxy) is 1. The van der Waals surface area contributed by atoms with Crippen LogP contribution >= 0.6 is 0 Å². The quantitative estimate of drug-likeness (QED) is 0.526. The number of rotatable bonds is 6. The molecule has 0 fully saturated rings. The SMILES string of the molecule is CN=C(NCc1ccc(-n2cncn2)cc1)NCc1cccc(OC)c1. The Kier molecular flexibility index (Phi) is 5.82. The van der Waals surface area contributed by atoms with Gasteiger partial charge in [0.2, 0.25) is 0 Å². The van der Waals surface area contributed by atoms with Gasteiger partial charge in [0.1, 0.15) is 18.4 Å². The maximum atomic E-state index is 5.25. The van der Waals surface area contributed by atoms with Gasteiger partial charge in [-0.05, 0) is 35.4 Å². The van der Waals surface area contributed by atoms with Gasteiger partial charge in [0.15, 0.2) is 5.96 Å². The van der Waals surface area contributed by atoms with Crippen LogP contribution in [-0.2, 0) is 13.1 Å². The van der Waals surface area contributed by atoms with Crippen LogP contribution in [0.5, 0.6) is 5.75 Å². The minimum atomic E-state index is 0.669. The molecule has 1 aromatic heterocycles. The Balaban J connectivity index is 1.52. The molecule has 7 heteroatoms. The zero-order valence-electron chi connectivity index (χ0n) is 14.9. The third-order valence-corrected chi connectivity index (χ3v) is 3.90. The van der Waals surface area contributed by atoms with E-state index in [0.29, 0.717) is 13.1 Å². The van der Waals surface area contributed by atoms with Crippen molar-refractivity contribution in [2.24, 2.45) is 4.99 Å². The highest BCUT2D eigenvalue weighted by molar-refractivity contribution is 5.79. The van der Waals surface area contributed by atoms with E-state index in [0.717, 1.165) is 28.5 Å². The predicted octanol–water partition coefficient (Wildman–Crippen LogP) is 2.14. The first kappa shape index (κ1) is 17.5. The first-order valence-corrected chi connectivity index (χ1v) is 8.30. The van der Waals surface area contributed by atoms with Gasteiger partial charge in [0.05, 0.1) is 12.8 Å². The minimum Gasteiger partial charge on any atom is -0.497 e. The fraction of sp³-hybridized carbons (Fsp3) is 0.211. The van der Waals surface area contributed by atoms with E-state index in [1.807, 2.05) is 36.4 Å². The van der Waals surface area contributed by atoms with Crippen LogP contribution in [0, 0.1) is 0 Å². The highest BCUT2D eigenvalue weighted by Gasteiger charge is 2.02. The zero-order chi connectivity index (χ0) is 18.2. The molecular formula is C19H22N6O. The van der Waals surface area contributed by atoms with Crippen molar-refractivity contribution in [2.75, 3.05) is 14.2 Å². The van der Waals surface area contributed by atoms with Crippen molar-refractivity contribution >= 4 is 5.96 Å². The van der Waals surface area contributed by atoms with Crippen molar-refractivity contribution in [3.05, 3.63) is 72.3 Å². The summed E-state index contributed by atoms with van der Waals surface area (Å²) in [4.78, 5) is 8.22. The number of benzene rings is 2. The standard InChI is InChI=1S/C19H22N6O/c1-20-19(23-12-16-4-3-5-18(10-16)26-2)22-11-15-6-8-17(9-7-15)25-14-21-13-24-25/h3-10,13-14H,11-12H2,1-2H3,(H2,20,22,23). The van der Waals surface area contributed by atoms with Crippen molar-refractivity contribution in [2.45, 2.75) is 13.1 Å². The Bertz CT molecular complexity index is 843. The van der Waals surface area contributed by atoms with Gasteiger partial charge in [0, 0.05) is 20.1 Å². The largest absolute Gasteiger partial charge is 0.497 e. The topological polar surface area (TPSA) is 76.4 Å². The molecule has 0 atom stereocenters. The first-order chi connectivity index (χ1) is 12.8. The van der Waals surface area contributed by atoms with E-state index in [2.05, 4.69) is 37.8 Å². The summed E-state index contributed by atoms with van der Waals surface area (Å²) in [6.45, 7) is 1.34. The molecular weight excluding hydrogens is 328 g/mol. The molecule has 0 aliphatic heterocycles. The molecule has 2 N–H and O–H groups in total. The van der Waals surface area contributed by atoms with Crippen molar-refractivity contribution in [1.82, 2.24) is 25.4 Å². The van der Waals surface area contributed by atoms with Gasteiger partial charge in [-0.2, -0.15) is 5.10 Å². The van der Waals surface area contributed by atoms with Crippen LogP contribution in [0.4, 0.5) is 0 Å². The molecule has 1 heterocycles. The molecule has 0 saturated heterocycles. The van der Waals surface area contributed by atoms with E-state index in [4.69, 9.17) is 4.74 Å². The summed E-state index contributed by atoms with van der Waals surface area (Å²) < 4.78 is 6.97. The van der Waals surface area contributed by atoms with Crippen LogP contribution in [0.25, 0.3) is 5.69 Å². The molecule has 3 rings (SSSR count). The average Bonchev–Trinajstić information content (AvgIpc) is 3.23. The lowest BCUT2D eigenvalue weighted by Gasteiger charge is -2.13. The van der Waals surface area contributed by atoms with Crippen LogP contribution in [-0.4, -0.2) is 34.9 Å². The fourth-order valence-corrected chi connectivity index (χ4v) is 2.48. The fourth-order valence-electron chi connectivity index (χ4n) is 2.48. The third kappa shape index (κ3) is 4.60. The lowest BCUT2D eigenvalue weighted by Crippen LogP contribution is -2.36. The van der Waals surface area contributed by atoms with E-state index >= 15 is 0 Å². The second-order valence-electron chi connectivity index (χ2n) is 5.64. The average molecular weight is 350 g/mol. The van der Waals surface area contributed by atoms with E-state index in [9.17, 15) is 0 Å². The van der Waals surface area contributed by atoms with Gasteiger partial charge in [-0.1, -0.05) is 24.3 Å². The van der Waals surface area contributed by atoms with E-state index in [-0.39, 0.29) is 0 Å². The monoisotopic (exact) mass is 350 g/mol. The number of aliphatic imine (C=N–C) groups is 1. The highest BCUT2D eigenvalue weighted by atomic mass is 16.5. The lowest BCUT2D eigenvalue weighted by molar-refractivity contribution is 0.414. The smallest absolute Gasteiger partial charge is 0.191 e. The predicted molar refractivity (Wildman–Crippen MR) is 101 cm³/mol. The van der Waals surface area contributed by atoms with E-state index < -0.39 is 0 Å². The second kappa shape index (κ2) is 8.66. The summed E-state index contributed by atoms with van der Waals surface area (Å²) in [5.74, 6) is 1.59. The molecule has 0 bridgehead atoms. The lowest BCUT2D eigenvalue weighted by atomic mass is 10.2. The molecule has 26 heavy (non-hydrogen) atoms. The van der Waals surface area contributed by atoms with Crippen molar-refractivity contribution < 1.29 is 4.74 Å². The third-order valence-electron chi connectivity index (χ3n) is 3.90. The summed E-state index contributed by atoms with van der Waals surface area (Å²) in [6.07, 6.45) is 3.20. The van der Waals surface area contributed by atoms with Gasteiger partial charge in [-0.3, -0.25) is 4.99 Å². The van der Waals surface area contributed by atoms with Crippen LogP contribution in [0.2, 0.25) is 0 Å². The molecule has 0 saturated carbocycles. The molecule has 7 nitrogen and oxygen atoms in total. The zero-order valence-corrected chi connectivity index (χ0v) is 14.9. The number of aromatic nitrogens is 3. The number of nitrogens with zero attached hydrogens (tertiary/aromatic N) is 4. The number of methoxy groups -OCH3 is 1. The van der Waals surface area contributed by atoms with Crippen molar-refractivity contribution in [3.8, 4) is 11.4 Å². The van der Waals surface area contributed by atoms with Crippen LogP contribution < -0.4 is 15.4 Å². The highest BCUT2D eigenvalue weighted by Crippen LogP contribution is 2.12. The van der Waals surface area contributed by atoms with Gasteiger partial charge in [0.25, 0.3) is 0 Å². The molecule has 0 spiro atoms. The van der Waals surface area contributed by atoms with Crippen LogP contribution in [0.15, 0.2) is 66.2 Å². The van der Waals surface area contributed by atoms with Crippen LogP contribution in [0.3, 0.4) is 0 Å². The Morgan fingerprint density at radius 2 is 1.85 bits per heavy atom.